The number of benzene rings is 2. The molecular weight excluding hydrogens is 833 g/mol. The molecule has 0 spiro atoms. The van der Waals surface area contributed by atoms with Crippen LogP contribution >= 0.6 is 11.3 Å². The van der Waals surface area contributed by atoms with E-state index in [-0.39, 0.29) is 32.5 Å². The van der Waals surface area contributed by atoms with Gasteiger partial charge < -0.3 is 25.0 Å². The van der Waals surface area contributed by atoms with E-state index in [9.17, 15) is 45.2 Å². The van der Waals surface area contributed by atoms with Crippen LogP contribution in [-0.2, 0) is 42.2 Å². The number of halogens is 4. The number of hydrogen-bond acceptors (Lipinski definition) is 11. The fourth-order valence-electron chi connectivity index (χ4n) is 8.02. The van der Waals surface area contributed by atoms with E-state index in [0.29, 0.717) is 59.6 Å². The predicted molar refractivity (Wildman–Crippen MR) is 209 cm³/mol. The molecule has 60 heavy (non-hydrogen) atoms. The van der Waals surface area contributed by atoms with Crippen LogP contribution in [0, 0.1) is 11.7 Å². The SMILES string of the molecule is O=C1N[C@]2(C(=O)NS(=O)(=O)C3CC3)C[C@H]2/C=C\CCCCC[C@H](Nc2nc(-c3ccc(OC(F)(F)F)cc3)cs2)C(=O)N2C[C@H](OC(=O)N3Cc4cccc(F)c4C3)C[C@@H]12. The second kappa shape index (κ2) is 16.3. The van der Waals surface area contributed by atoms with Crippen LogP contribution in [0.5, 0.6) is 5.75 Å². The van der Waals surface area contributed by atoms with Gasteiger partial charge in [-0.3, -0.25) is 24.0 Å². The number of aromatic nitrogens is 1. The molecule has 5 atom stereocenters. The average molecular weight is 875 g/mol. The number of amides is 4. The number of nitrogens with zero attached hydrogens (tertiary/aromatic N) is 3. The number of carbonyl (C=O) groups excluding carboxylic acids is 4. The average Bonchev–Trinajstić information content (AvgIpc) is 3.99. The molecule has 14 nitrogen and oxygen atoms in total. The Bertz CT molecular complexity index is 2300. The number of sulfonamides is 1. The van der Waals surface area contributed by atoms with Crippen molar-refractivity contribution in [3.05, 3.63) is 76.9 Å². The Morgan fingerprint density at radius 3 is 2.53 bits per heavy atom. The molecule has 2 aliphatic carbocycles. The minimum Gasteiger partial charge on any atom is -0.444 e. The smallest absolute Gasteiger partial charge is 0.444 e. The number of nitrogens with one attached hydrogen (secondary N) is 3. The normalized spacial score (nSPS) is 26.4. The summed E-state index contributed by atoms with van der Waals surface area (Å²) in [7, 11) is -3.96. The van der Waals surface area contributed by atoms with Crippen LogP contribution in [0.15, 0.2) is 60.0 Å². The zero-order valence-corrected chi connectivity index (χ0v) is 33.7. The Kier molecular flexibility index (Phi) is 11.3. The van der Waals surface area contributed by atoms with Crippen LogP contribution in [0.25, 0.3) is 11.3 Å². The molecule has 4 amide bonds. The van der Waals surface area contributed by atoms with E-state index >= 15 is 0 Å². The maximum atomic E-state index is 14.7. The third kappa shape index (κ3) is 9.08. The van der Waals surface area contributed by atoms with Crippen LogP contribution in [-0.4, -0.2) is 88.9 Å². The molecule has 3 N–H and O–H groups in total. The largest absolute Gasteiger partial charge is 0.573 e. The molecule has 3 aromatic rings. The number of thiazole rings is 1. The number of hydrogen-bond donors (Lipinski definition) is 3. The minimum absolute atomic E-state index is 0.0241. The first-order valence-electron chi connectivity index (χ1n) is 19.7. The molecule has 0 bridgehead atoms. The molecular formula is C40H42F4N6O8S2. The Hall–Kier alpha value is -5.24. The van der Waals surface area contributed by atoms with Gasteiger partial charge in [-0.1, -0.05) is 37.1 Å². The van der Waals surface area contributed by atoms with Gasteiger partial charge in [0, 0.05) is 35.4 Å². The molecule has 1 saturated heterocycles. The fourth-order valence-corrected chi connectivity index (χ4v) is 10.2. The van der Waals surface area contributed by atoms with Gasteiger partial charge in [-0.05, 0) is 74.4 Å². The molecule has 0 unspecified atom stereocenters. The van der Waals surface area contributed by atoms with E-state index < -0.39 is 86.7 Å². The molecule has 20 heteroatoms. The summed E-state index contributed by atoms with van der Waals surface area (Å²) < 4.78 is 90.3. The van der Waals surface area contributed by atoms with E-state index in [1.165, 1.54) is 51.5 Å². The van der Waals surface area contributed by atoms with Crippen molar-refractivity contribution in [3.63, 3.8) is 0 Å². The fraction of sp³-hybridized carbons (Fsp3) is 0.475. The third-order valence-electron chi connectivity index (χ3n) is 11.5. The highest BCUT2D eigenvalue weighted by Gasteiger charge is 2.62. The lowest BCUT2D eigenvalue weighted by molar-refractivity contribution is -0.274. The van der Waals surface area contributed by atoms with Crippen molar-refractivity contribution in [1.82, 2.24) is 24.8 Å². The summed E-state index contributed by atoms with van der Waals surface area (Å²) in [5.41, 5.74) is 0.346. The van der Waals surface area contributed by atoms with Crippen LogP contribution < -0.4 is 20.1 Å². The van der Waals surface area contributed by atoms with Gasteiger partial charge in [0.25, 0.3) is 5.91 Å². The van der Waals surface area contributed by atoms with Crippen LogP contribution in [0.3, 0.4) is 0 Å². The second-order valence-corrected chi connectivity index (χ2v) is 18.6. The van der Waals surface area contributed by atoms with Crippen molar-refractivity contribution in [2.45, 2.75) is 106 Å². The number of alkyl halides is 3. The first-order valence-corrected chi connectivity index (χ1v) is 22.2. The number of anilines is 1. The monoisotopic (exact) mass is 874 g/mol. The molecule has 2 saturated carbocycles. The number of rotatable bonds is 8. The molecule has 2 aromatic carbocycles. The zero-order chi connectivity index (χ0) is 42.4. The van der Waals surface area contributed by atoms with Crippen LogP contribution in [0.2, 0.25) is 0 Å². The van der Waals surface area contributed by atoms with Crippen molar-refractivity contribution in [3.8, 4) is 17.0 Å². The summed E-state index contributed by atoms with van der Waals surface area (Å²) >= 11 is 1.17. The second-order valence-electron chi connectivity index (χ2n) is 15.8. The number of ether oxygens (including phenoxy) is 2. The van der Waals surface area contributed by atoms with Gasteiger partial charge in [0.2, 0.25) is 21.8 Å². The van der Waals surface area contributed by atoms with Crippen LogP contribution in [0.4, 0.5) is 27.5 Å². The summed E-state index contributed by atoms with van der Waals surface area (Å²) in [6, 6.07) is 7.59. The summed E-state index contributed by atoms with van der Waals surface area (Å²) in [6.45, 7) is -0.109. The number of carbonyl (C=O) groups is 4. The van der Waals surface area contributed by atoms with Crippen molar-refractivity contribution < 1.29 is 54.6 Å². The highest BCUT2D eigenvalue weighted by molar-refractivity contribution is 7.91. The topological polar surface area (TPSA) is 176 Å². The molecule has 4 heterocycles. The Labute approximate surface area is 346 Å². The molecule has 3 aliphatic heterocycles. The van der Waals surface area contributed by atoms with Crippen molar-refractivity contribution in [2.75, 3.05) is 11.9 Å². The molecule has 8 rings (SSSR count). The third-order valence-corrected chi connectivity index (χ3v) is 14.1. The first-order chi connectivity index (χ1) is 28.6. The minimum atomic E-state index is -4.85. The van der Waals surface area contributed by atoms with Gasteiger partial charge in [-0.2, -0.15) is 0 Å². The van der Waals surface area contributed by atoms with Gasteiger partial charge in [-0.15, -0.1) is 24.5 Å². The molecule has 1 aromatic heterocycles. The van der Waals surface area contributed by atoms with E-state index in [0.717, 1.165) is 12.8 Å². The molecule has 5 aliphatic rings. The van der Waals surface area contributed by atoms with Gasteiger partial charge in [0.1, 0.15) is 35.3 Å². The maximum Gasteiger partial charge on any atom is 0.573 e. The summed E-state index contributed by atoms with van der Waals surface area (Å²) in [4.78, 5) is 63.5. The Balaban J connectivity index is 1.04. The standard InChI is InChI=1S/C40H42F4N6O8S2/c41-30-9-6-7-24-19-49(21-29(24)30)38(54)57-27-17-33-34(51)47-39(36(53)48-60(55,56)28-15-16-28)18-25(39)8-4-2-1-3-5-10-31(35(52)50(33)20-27)45-37-46-32(22-59-37)23-11-13-26(14-12-23)58-40(42,43)44/h4,6-9,11-14,22,25,27-28,31,33H,1-3,5,10,15-21H2,(H,45,46)(H,47,51)(H,48,53)/b8-4-/t25-,27-,31+,33+,39-/m1/s1. The highest BCUT2D eigenvalue weighted by atomic mass is 32.2. The van der Waals surface area contributed by atoms with Crippen molar-refractivity contribution >= 4 is 50.3 Å². The lowest BCUT2D eigenvalue weighted by Gasteiger charge is -2.29. The Morgan fingerprint density at radius 2 is 1.80 bits per heavy atom. The lowest BCUT2D eigenvalue weighted by atomic mass is 10.1. The molecule has 320 valence electrons. The van der Waals surface area contributed by atoms with Crippen molar-refractivity contribution in [2.24, 2.45) is 5.92 Å². The van der Waals surface area contributed by atoms with Crippen molar-refractivity contribution in [1.29, 1.82) is 0 Å². The summed E-state index contributed by atoms with van der Waals surface area (Å²) in [5, 5.41) is 7.33. The summed E-state index contributed by atoms with van der Waals surface area (Å²) in [6.07, 6.45) is 1.01. The van der Waals surface area contributed by atoms with Gasteiger partial charge in [0.15, 0.2) is 5.13 Å². The van der Waals surface area contributed by atoms with E-state index in [2.05, 4.69) is 25.1 Å². The van der Waals surface area contributed by atoms with E-state index in [1.54, 1.807) is 17.5 Å². The van der Waals surface area contributed by atoms with Gasteiger partial charge >= 0.3 is 12.5 Å². The highest BCUT2D eigenvalue weighted by Crippen LogP contribution is 2.46. The lowest BCUT2D eigenvalue weighted by Crippen LogP contribution is -2.57. The first kappa shape index (κ1) is 41.5. The predicted octanol–water partition coefficient (Wildman–Crippen LogP) is 5.75. The molecule has 0 radical (unpaired) electrons. The van der Waals surface area contributed by atoms with Gasteiger partial charge in [0.05, 0.1) is 24.0 Å². The molecule has 3 fully saturated rings. The summed E-state index contributed by atoms with van der Waals surface area (Å²) in [5.74, 6) is -3.44. The van der Waals surface area contributed by atoms with E-state index in [4.69, 9.17) is 4.74 Å². The van der Waals surface area contributed by atoms with Crippen LogP contribution in [0.1, 0.15) is 68.9 Å². The maximum absolute atomic E-state index is 14.7. The Morgan fingerprint density at radius 1 is 1.02 bits per heavy atom. The zero-order valence-electron chi connectivity index (χ0n) is 32.1. The number of fused-ring (bicyclic) bond motifs is 3. The van der Waals surface area contributed by atoms with E-state index in [1.807, 2.05) is 12.2 Å². The van der Waals surface area contributed by atoms with Gasteiger partial charge in [-0.25, -0.2) is 22.6 Å². The number of allylic oxidation sites excluding steroid dienone is 1. The quantitative estimate of drug-likeness (QED) is 0.187.